The fourth-order valence-electron chi connectivity index (χ4n) is 2.92. The van der Waals surface area contributed by atoms with Gasteiger partial charge in [-0.1, -0.05) is 5.16 Å². The lowest BCUT2D eigenvalue weighted by molar-refractivity contribution is 0.139. The zero-order chi connectivity index (χ0) is 17.8. The van der Waals surface area contributed by atoms with Crippen LogP contribution in [0.25, 0.3) is 0 Å². The minimum Gasteiger partial charge on any atom is -0.493 e. The summed E-state index contributed by atoms with van der Waals surface area (Å²) in [6.07, 6.45) is 0. The molecule has 7 heteroatoms. The van der Waals surface area contributed by atoms with E-state index in [0.29, 0.717) is 18.1 Å². The van der Waals surface area contributed by atoms with Gasteiger partial charge in [0.25, 0.3) is 0 Å². The lowest BCUT2D eigenvalue weighted by Crippen LogP contribution is -2.27. The maximum atomic E-state index is 5.52. The average molecular weight is 348 g/mol. The lowest BCUT2D eigenvalue weighted by Gasteiger charge is -2.22. The van der Waals surface area contributed by atoms with Crippen molar-refractivity contribution in [2.45, 2.75) is 26.9 Å². The van der Waals surface area contributed by atoms with Gasteiger partial charge in [-0.2, -0.15) is 0 Å². The van der Waals surface area contributed by atoms with Crippen molar-refractivity contribution >= 4 is 0 Å². The van der Waals surface area contributed by atoms with E-state index in [4.69, 9.17) is 23.5 Å². The van der Waals surface area contributed by atoms with E-state index in [-0.39, 0.29) is 6.79 Å². The van der Waals surface area contributed by atoms with Crippen molar-refractivity contribution in [3.63, 3.8) is 0 Å². The molecule has 0 amide bonds. The van der Waals surface area contributed by atoms with Gasteiger partial charge in [0.1, 0.15) is 5.76 Å². The topological polar surface area (TPSA) is 66.2 Å². The Morgan fingerprint density at radius 1 is 1.16 bits per heavy atom. The fraction of sp³-hybridized carbons (Fsp3) is 0.500. The summed E-state index contributed by atoms with van der Waals surface area (Å²) in [5.74, 6) is 2.93. The van der Waals surface area contributed by atoms with Crippen molar-refractivity contribution in [2.24, 2.45) is 0 Å². The van der Waals surface area contributed by atoms with Gasteiger partial charge >= 0.3 is 0 Å². The van der Waals surface area contributed by atoms with E-state index >= 15 is 0 Å². The van der Waals surface area contributed by atoms with Crippen molar-refractivity contribution in [1.82, 2.24) is 10.1 Å². The number of ether oxygens (including phenoxy) is 4. The van der Waals surface area contributed by atoms with Crippen LogP contribution in [0.4, 0.5) is 0 Å². The number of hydrogen-bond acceptors (Lipinski definition) is 7. The Morgan fingerprint density at radius 2 is 2.00 bits per heavy atom. The van der Waals surface area contributed by atoms with Crippen LogP contribution in [0.1, 0.15) is 22.6 Å². The van der Waals surface area contributed by atoms with Gasteiger partial charge in [-0.25, -0.2) is 0 Å². The molecule has 0 fully saturated rings. The molecule has 136 valence electrons. The van der Waals surface area contributed by atoms with Crippen LogP contribution in [0.2, 0.25) is 0 Å². The predicted octanol–water partition coefficient (Wildman–Crippen LogP) is 2.68. The number of nitrogens with zero attached hydrogens (tertiary/aromatic N) is 2. The number of methoxy groups -OCH3 is 2. The molecule has 0 saturated heterocycles. The van der Waals surface area contributed by atoms with Crippen LogP contribution in [0.5, 0.6) is 17.2 Å². The summed E-state index contributed by atoms with van der Waals surface area (Å²) in [7, 11) is 3.34. The van der Waals surface area contributed by atoms with Gasteiger partial charge in [-0.05, 0) is 31.5 Å². The number of hydrogen-bond donors (Lipinski definition) is 0. The first-order valence-electron chi connectivity index (χ1n) is 8.22. The monoisotopic (exact) mass is 348 g/mol. The molecule has 0 bridgehead atoms. The summed E-state index contributed by atoms with van der Waals surface area (Å²) >= 11 is 0. The van der Waals surface area contributed by atoms with Crippen LogP contribution >= 0.6 is 0 Å². The number of fused-ring (bicyclic) bond motifs is 1. The Kier molecular flexibility index (Phi) is 5.45. The van der Waals surface area contributed by atoms with Gasteiger partial charge in [0.15, 0.2) is 11.5 Å². The van der Waals surface area contributed by atoms with E-state index in [9.17, 15) is 0 Å². The molecular weight excluding hydrogens is 324 g/mol. The summed E-state index contributed by atoms with van der Waals surface area (Å²) in [4.78, 5) is 2.28. The second-order valence-electron chi connectivity index (χ2n) is 6.04. The smallest absolute Gasteiger partial charge is 0.231 e. The Balaban J connectivity index is 1.80. The molecule has 3 rings (SSSR count). The molecule has 1 aliphatic rings. The fourth-order valence-corrected chi connectivity index (χ4v) is 2.92. The molecule has 2 heterocycles. The standard InChI is InChI=1S/C18H24N2O5/c1-12-15(13(2)25-19-12)10-20(5-6-21-3)9-14-7-16(22-4)18-17(8-14)23-11-24-18/h7-8H,5-6,9-11H2,1-4H3. The van der Waals surface area contributed by atoms with Crippen LogP contribution in [-0.2, 0) is 17.8 Å². The minimum absolute atomic E-state index is 0.224. The summed E-state index contributed by atoms with van der Waals surface area (Å²) in [5.41, 5.74) is 3.12. The highest BCUT2D eigenvalue weighted by molar-refractivity contribution is 5.55. The van der Waals surface area contributed by atoms with Crippen LogP contribution in [0.3, 0.4) is 0 Å². The molecular formula is C18H24N2O5. The molecule has 0 unspecified atom stereocenters. The molecule has 0 atom stereocenters. The first kappa shape index (κ1) is 17.6. The molecule has 1 aromatic carbocycles. The third-order valence-electron chi connectivity index (χ3n) is 4.30. The Hall–Kier alpha value is -2.25. The lowest BCUT2D eigenvalue weighted by atomic mass is 10.1. The maximum absolute atomic E-state index is 5.52. The second-order valence-corrected chi connectivity index (χ2v) is 6.04. The number of aromatic nitrogens is 1. The first-order valence-corrected chi connectivity index (χ1v) is 8.22. The zero-order valence-corrected chi connectivity index (χ0v) is 15.1. The third kappa shape index (κ3) is 3.88. The predicted molar refractivity (Wildman–Crippen MR) is 91.1 cm³/mol. The van der Waals surface area contributed by atoms with Gasteiger partial charge < -0.3 is 23.5 Å². The van der Waals surface area contributed by atoms with Gasteiger partial charge in [0, 0.05) is 32.3 Å². The molecule has 25 heavy (non-hydrogen) atoms. The van der Waals surface area contributed by atoms with E-state index in [2.05, 4.69) is 10.1 Å². The zero-order valence-electron chi connectivity index (χ0n) is 15.1. The Morgan fingerprint density at radius 3 is 2.68 bits per heavy atom. The normalized spacial score (nSPS) is 12.8. The van der Waals surface area contributed by atoms with Crippen LogP contribution in [0, 0.1) is 13.8 Å². The van der Waals surface area contributed by atoms with Crippen molar-refractivity contribution in [3.8, 4) is 17.2 Å². The molecule has 0 radical (unpaired) electrons. The molecule has 7 nitrogen and oxygen atoms in total. The highest BCUT2D eigenvalue weighted by atomic mass is 16.7. The Labute approximate surface area is 147 Å². The van der Waals surface area contributed by atoms with E-state index < -0.39 is 0 Å². The summed E-state index contributed by atoms with van der Waals surface area (Å²) in [6.45, 7) is 7.02. The van der Waals surface area contributed by atoms with Crippen molar-refractivity contribution in [3.05, 3.63) is 34.7 Å². The summed E-state index contributed by atoms with van der Waals surface area (Å²) < 4.78 is 27.0. The van der Waals surface area contributed by atoms with Crippen molar-refractivity contribution in [2.75, 3.05) is 34.2 Å². The van der Waals surface area contributed by atoms with Crippen LogP contribution in [-0.4, -0.2) is 44.2 Å². The SMILES string of the molecule is COCCN(Cc1cc(OC)c2c(c1)OCO2)Cc1c(C)noc1C. The second kappa shape index (κ2) is 7.76. The van der Waals surface area contributed by atoms with Crippen molar-refractivity contribution in [1.29, 1.82) is 0 Å². The molecule has 0 N–H and O–H groups in total. The molecule has 0 saturated carbocycles. The van der Waals surface area contributed by atoms with Gasteiger partial charge in [0.2, 0.25) is 12.5 Å². The summed E-state index contributed by atoms with van der Waals surface area (Å²) in [6, 6.07) is 3.98. The molecule has 1 aromatic heterocycles. The van der Waals surface area contributed by atoms with Gasteiger partial charge in [-0.3, -0.25) is 4.90 Å². The van der Waals surface area contributed by atoms with Gasteiger partial charge in [0.05, 0.1) is 19.4 Å². The van der Waals surface area contributed by atoms with E-state index in [1.54, 1.807) is 14.2 Å². The van der Waals surface area contributed by atoms with Crippen LogP contribution < -0.4 is 14.2 Å². The quantitative estimate of drug-likeness (QED) is 0.726. The van der Waals surface area contributed by atoms with E-state index in [1.165, 1.54) is 0 Å². The highest BCUT2D eigenvalue weighted by Gasteiger charge is 2.21. The van der Waals surface area contributed by atoms with Gasteiger partial charge in [-0.15, -0.1) is 0 Å². The third-order valence-corrected chi connectivity index (χ3v) is 4.30. The number of rotatable bonds is 8. The van der Waals surface area contributed by atoms with E-state index in [0.717, 1.165) is 48.0 Å². The molecule has 2 aromatic rings. The van der Waals surface area contributed by atoms with Crippen LogP contribution in [0.15, 0.2) is 16.7 Å². The molecule has 0 spiro atoms. The Bertz CT molecular complexity index is 709. The van der Waals surface area contributed by atoms with E-state index in [1.807, 2.05) is 26.0 Å². The number of aryl methyl sites for hydroxylation is 2. The summed E-state index contributed by atoms with van der Waals surface area (Å²) in [5, 5.41) is 4.04. The highest BCUT2D eigenvalue weighted by Crippen LogP contribution is 2.42. The largest absolute Gasteiger partial charge is 0.493 e. The maximum Gasteiger partial charge on any atom is 0.231 e. The molecule has 0 aliphatic carbocycles. The minimum atomic E-state index is 0.224. The average Bonchev–Trinajstić information content (AvgIpc) is 3.20. The number of benzene rings is 1. The first-order chi connectivity index (χ1) is 12.1. The molecule has 1 aliphatic heterocycles. The van der Waals surface area contributed by atoms with Crippen molar-refractivity contribution < 1.29 is 23.5 Å².